The van der Waals surface area contributed by atoms with Crippen LogP contribution in [-0.4, -0.2) is 0 Å². The Morgan fingerprint density at radius 3 is 2.40 bits per heavy atom. The zero-order valence-corrected chi connectivity index (χ0v) is 14.1. The van der Waals surface area contributed by atoms with Crippen molar-refractivity contribution in [3.05, 3.63) is 67.2 Å². The number of halogens is 4. The summed E-state index contributed by atoms with van der Waals surface area (Å²) in [5, 5.41) is 0. The molecule has 2 aromatic rings. The summed E-state index contributed by atoms with van der Waals surface area (Å²) in [6.45, 7) is 0. The highest BCUT2D eigenvalue weighted by molar-refractivity contribution is 14.1. The molecule has 0 radical (unpaired) electrons. The van der Waals surface area contributed by atoms with Gasteiger partial charge in [0.2, 0.25) is 0 Å². The molecule has 0 aliphatic heterocycles. The van der Waals surface area contributed by atoms with E-state index in [1.165, 1.54) is 6.07 Å². The third-order valence-corrected chi connectivity index (χ3v) is 4.52. The van der Waals surface area contributed by atoms with E-state index in [-0.39, 0.29) is 10.5 Å². The lowest BCUT2D eigenvalue weighted by Crippen LogP contribution is -2.30. The van der Waals surface area contributed by atoms with E-state index in [2.05, 4.69) is 43.9 Å². The molecule has 0 fully saturated rings. The van der Waals surface area contributed by atoms with Gasteiger partial charge in [-0.2, -0.15) is 0 Å². The minimum absolute atomic E-state index is 0.103. The van der Waals surface area contributed by atoms with Crippen molar-refractivity contribution >= 4 is 38.5 Å². The normalized spacial score (nSPS) is 12.4. The molecule has 0 saturated carbocycles. The quantitative estimate of drug-likeness (QED) is 0.317. The molecule has 20 heavy (non-hydrogen) atoms. The third-order valence-electron chi connectivity index (χ3n) is 2.99. The zero-order valence-electron chi connectivity index (χ0n) is 10.3. The molecule has 1 unspecified atom stereocenters. The van der Waals surface area contributed by atoms with Gasteiger partial charge in [0.1, 0.15) is 0 Å². The largest absolute Gasteiger partial charge is 0.271 e. The van der Waals surface area contributed by atoms with E-state index in [1.807, 2.05) is 24.3 Å². The molecule has 1 atom stereocenters. The maximum absolute atomic E-state index is 13.6. The molecule has 3 N–H and O–H groups in total. The van der Waals surface area contributed by atoms with Crippen molar-refractivity contribution in [2.45, 2.75) is 12.5 Å². The molecular formula is C14H12BrF2IN2. The lowest BCUT2D eigenvalue weighted by molar-refractivity contribution is 0.491. The smallest absolute Gasteiger partial charge is 0.173 e. The fourth-order valence-corrected chi connectivity index (χ4v) is 2.88. The minimum atomic E-state index is -0.898. The Morgan fingerprint density at radius 2 is 1.80 bits per heavy atom. The van der Waals surface area contributed by atoms with Crippen molar-refractivity contribution in [2.75, 3.05) is 0 Å². The average Bonchev–Trinajstić information content (AvgIpc) is 2.45. The minimum Gasteiger partial charge on any atom is -0.271 e. The molecule has 0 bridgehead atoms. The predicted octanol–water partition coefficient (Wildman–Crippen LogP) is 4.08. The number of hydrazine groups is 1. The second kappa shape index (κ2) is 6.93. The van der Waals surface area contributed by atoms with Crippen molar-refractivity contribution < 1.29 is 8.78 Å². The van der Waals surface area contributed by atoms with Crippen LogP contribution in [0.1, 0.15) is 17.2 Å². The summed E-state index contributed by atoms with van der Waals surface area (Å²) in [7, 11) is 0. The summed E-state index contributed by atoms with van der Waals surface area (Å²) in [6, 6.07) is 10.3. The van der Waals surface area contributed by atoms with Crippen LogP contribution in [0.3, 0.4) is 0 Å². The second-order valence-electron chi connectivity index (χ2n) is 4.31. The van der Waals surface area contributed by atoms with E-state index < -0.39 is 11.6 Å². The van der Waals surface area contributed by atoms with Gasteiger partial charge in [0.05, 0.1) is 10.5 Å². The summed E-state index contributed by atoms with van der Waals surface area (Å²) < 4.78 is 28.0. The Hall–Kier alpha value is -0.570. The molecule has 106 valence electrons. The van der Waals surface area contributed by atoms with Crippen molar-refractivity contribution in [2.24, 2.45) is 5.84 Å². The van der Waals surface area contributed by atoms with Gasteiger partial charge in [-0.15, -0.1) is 0 Å². The molecule has 2 aromatic carbocycles. The molecule has 0 amide bonds. The molecule has 0 spiro atoms. The van der Waals surface area contributed by atoms with E-state index in [0.29, 0.717) is 12.0 Å². The first kappa shape index (κ1) is 15.8. The highest BCUT2D eigenvalue weighted by Crippen LogP contribution is 2.29. The van der Waals surface area contributed by atoms with Crippen LogP contribution in [0.25, 0.3) is 0 Å². The maximum atomic E-state index is 13.6. The second-order valence-corrected chi connectivity index (χ2v) is 6.35. The first-order valence-electron chi connectivity index (χ1n) is 5.87. The van der Waals surface area contributed by atoms with Gasteiger partial charge >= 0.3 is 0 Å². The summed E-state index contributed by atoms with van der Waals surface area (Å²) in [5.74, 6) is 3.77. The van der Waals surface area contributed by atoms with Crippen LogP contribution in [0, 0.1) is 15.2 Å². The first-order chi connectivity index (χ1) is 9.52. The molecule has 2 rings (SSSR count). The Kier molecular flexibility index (Phi) is 5.48. The summed E-state index contributed by atoms with van der Waals surface area (Å²) >= 11 is 5.31. The van der Waals surface area contributed by atoms with Gasteiger partial charge in [-0.3, -0.25) is 11.3 Å². The van der Waals surface area contributed by atoms with Crippen molar-refractivity contribution in [3.8, 4) is 0 Å². The van der Waals surface area contributed by atoms with Crippen molar-refractivity contribution in [1.82, 2.24) is 5.43 Å². The Bertz CT molecular complexity index is 605. The molecule has 0 aromatic heterocycles. The van der Waals surface area contributed by atoms with Crippen LogP contribution in [-0.2, 0) is 6.42 Å². The van der Waals surface area contributed by atoms with Gasteiger partial charge in [-0.25, -0.2) is 8.78 Å². The van der Waals surface area contributed by atoms with E-state index in [0.717, 1.165) is 15.2 Å². The fourth-order valence-electron chi connectivity index (χ4n) is 1.92. The monoisotopic (exact) mass is 452 g/mol. The van der Waals surface area contributed by atoms with Gasteiger partial charge in [-0.1, -0.05) is 18.2 Å². The molecule has 6 heteroatoms. The van der Waals surface area contributed by atoms with Crippen LogP contribution >= 0.6 is 38.5 Å². The number of rotatable bonds is 4. The van der Waals surface area contributed by atoms with Gasteiger partial charge in [0.25, 0.3) is 0 Å². The maximum Gasteiger partial charge on any atom is 0.173 e. The van der Waals surface area contributed by atoms with Crippen LogP contribution in [0.5, 0.6) is 0 Å². The molecule has 0 saturated heterocycles. The third kappa shape index (κ3) is 3.55. The van der Waals surface area contributed by atoms with Crippen LogP contribution < -0.4 is 11.3 Å². The molecule has 2 nitrogen and oxygen atoms in total. The van der Waals surface area contributed by atoms with Crippen molar-refractivity contribution in [3.63, 3.8) is 0 Å². The standard InChI is InChI=1S/C14H12BrF2IN2/c15-13-10(5-6-11(16)14(13)17)12(20-19)7-8-1-3-9(18)4-2-8/h1-6,12,20H,7,19H2. The highest BCUT2D eigenvalue weighted by atomic mass is 127. The highest BCUT2D eigenvalue weighted by Gasteiger charge is 2.18. The lowest BCUT2D eigenvalue weighted by atomic mass is 9.99. The Labute approximate surface area is 138 Å². The zero-order chi connectivity index (χ0) is 14.7. The molecule has 0 aliphatic carbocycles. The topological polar surface area (TPSA) is 38.0 Å². The van der Waals surface area contributed by atoms with Gasteiger partial charge < -0.3 is 0 Å². The summed E-state index contributed by atoms with van der Waals surface area (Å²) in [6.07, 6.45) is 0.580. The van der Waals surface area contributed by atoms with Crippen LogP contribution in [0.4, 0.5) is 8.78 Å². The van der Waals surface area contributed by atoms with Crippen LogP contribution in [0.15, 0.2) is 40.9 Å². The predicted molar refractivity (Wildman–Crippen MR) is 87.0 cm³/mol. The summed E-state index contributed by atoms with van der Waals surface area (Å²) in [5.41, 5.74) is 4.30. The van der Waals surface area contributed by atoms with Gasteiger partial charge in [0, 0.05) is 3.57 Å². The SMILES string of the molecule is NNC(Cc1ccc(I)cc1)c1ccc(F)c(F)c1Br. The molecule has 0 aliphatic rings. The van der Waals surface area contributed by atoms with Crippen molar-refractivity contribution in [1.29, 1.82) is 0 Å². The number of benzene rings is 2. The van der Waals surface area contributed by atoms with Crippen LogP contribution in [0.2, 0.25) is 0 Å². The van der Waals surface area contributed by atoms with E-state index in [1.54, 1.807) is 0 Å². The number of nitrogens with two attached hydrogens (primary N) is 1. The van der Waals surface area contributed by atoms with Gasteiger partial charge in [-0.05, 0) is 74.3 Å². The van der Waals surface area contributed by atoms with E-state index in [4.69, 9.17) is 5.84 Å². The Balaban J connectivity index is 2.29. The number of hydrogen-bond acceptors (Lipinski definition) is 2. The summed E-state index contributed by atoms with van der Waals surface area (Å²) in [4.78, 5) is 0. The fraction of sp³-hybridized carbons (Fsp3) is 0.143. The average molecular weight is 453 g/mol. The molecular weight excluding hydrogens is 441 g/mol. The van der Waals surface area contributed by atoms with Gasteiger partial charge in [0.15, 0.2) is 11.6 Å². The number of hydrogen-bond donors (Lipinski definition) is 2. The van der Waals surface area contributed by atoms with E-state index in [9.17, 15) is 8.78 Å². The van der Waals surface area contributed by atoms with E-state index >= 15 is 0 Å². The first-order valence-corrected chi connectivity index (χ1v) is 7.74. The molecule has 0 heterocycles. The Morgan fingerprint density at radius 1 is 1.15 bits per heavy atom. The number of nitrogens with one attached hydrogen (secondary N) is 1. The lowest BCUT2D eigenvalue weighted by Gasteiger charge is -2.18.